The Morgan fingerprint density at radius 1 is 1.12 bits per heavy atom. The summed E-state index contributed by atoms with van der Waals surface area (Å²) in [4.78, 5) is 27.1. The summed E-state index contributed by atoms with van der Waals surface area (Å²) in [6.45, 7) is 2.80. The van der Waals surface area contributed by atoms with Crippen molar-refractivity contribution >= 4 is 22.9 Å². The fraction of sp³-hybridized carbons (Fsp3) is 0.238. The van der Waals surface area contributed by atoms with Crippen LogP contribution in [0.3, 0.4) is 0 Å². The number of anilines is 1. The lowest BCUT2D eigenvalue weighted by Crippen LogP contribution is -2.39. The Balaban J connectivity index is 1.65. The first-order chi connectivity index (χ1) is 12.6. The molecule has 4 rings (SSSR count). The van der Waals surface area contributed by atoms with Gasteiger partial charge in [-0.05, 0) is 37.0 Å². The Hall–Kier alpha value is -2.66. The molecular weight excluding hydrogens is 344 g/mol. The van der Waals surface area contributed by atoms with Crippen LogP contribution in [-0.4, -0.2) is 17.0 Å². The second-order valence-electron chi connectivity index (χ2n) is 6.62. The van der Waals surface area contributed by atoms with Crippen LogP contribution in [0.4, 0.5) is 5.69 Å². The van der Waals surface area contributed by atoms with Gasteiger partial charge >= 0.3 is 4.87 Å². The Morgan fingerprint density at radius 2 is 1.88 bits per heavy atom. The number of fused-ring (bicyclic) bond motifs is 1. The zero-order valence-electron chi connectivity index (χ0n) is 14.6. The molecule has 0 saturated carbocycles. The molecule has 0 fully saturated rings. The fourth-order valence-corrected chi connectivity index (χ4v) is 4.21. The molecule has 3 aromatic rings. The predicted octanol–water partition coefficient (Wildman–Crippen LogP) is 3.86. The van der Waals surface area contributed by atoms with Gasteiger partial charge in [-0.1, -0.05) is 59.4 Å². The minimum absolute atomic E-state index is 0.0361. The van der Waals surface area contributed by atoms with Crippen molar-refractivity contribution in [2.45, 2.75) is 26.3 Å². The molecule has 132 valence electrons. The number of para-hydroxylation sites is 1. The predicted molar refractivity (Wildman–Crippen MR) is 106 cm³/mol. The first-order valence-electron chi connectivity index (χ1n) is 8.77. The molecule has 0 saturated heterocycles. The lowest BCUT2D eigenvalue weighted by atomic mass is 10.0. The largest absolute Gasteiger partial charge is 0.311 e. The highest BCUT2D eigenvalue weighted by Gasteiger charge is 2.23. The summed E-state index contributed by atoms with van der Waals surface area (Å²) >= 11 is 1.14. The summed E-state index contributed by atoms with van der Waals surface area (Å²) < 4.78 is 1.59. The summed E-state index contributed by atoms with van der Waals surface area (Å²) in [6, 6.07) is 16.1. The molecule has 0 spiro atoms. The van der Waals surface area contributed by atoms with E-state index in [0.717, 1.165) is 41.1 Å². The van der Waals surface area contributed by atoms with Crippen molar-refractivity contribution in [3.63, 3.8) is 0 Å². The molecule has 26 heavy (non-hydrogen) atoms. The van der Waals surface area contributed by atoms with Crippen LogP contribution in [0.15, 0.2) is 58.7 Å². The fourth-order valence-electron chi connectivity index (χ4n) is 3.44. The van der Waals surface area contributed by atoms with Gasteiger partial charge in [0.25, 0.3) is 0 Å². The number of nitrogens with zero attached hydrogens (tertiary/aromatic N) is 2. The van der Waals surface area contributed by atoms with Crippen molar-refractivity contribution < 1.29 is 4.79 Å². The Bertz CT molecular complexity index is 1000. The van der Waals surface area contributed by atoms with Gasteiger partial charge in [-0.15, -0.1) is 0 Å². The molecule has 0 atom stereocenters. The van der Waals surface area contributed by atoms with Crippen molar-refractivity contribution in [1.82, 2.24) is 4.57 Å². The van der Waals surface area contributed by atoms with Crippen LogP contribution < -0.4 is 9.77 Å². The maximum atomic E-state index is 13.0. The zero-order valence-corrected chi connectivity index (χ0v) is 15.5. The van der Waals surface area contributed by atoms with E-state index in [1.165, 1.54) is 11.1 Å². The Labute approximate surface area is 156 Å². The molecule has 1 aromatic heterocycles. The number of aryl methyl sites for hydroxylation is 2. The minimum atomic E-state index is -0.0979. The molecule has 0 bridgehead atoms. The summed E-state index contributed by atoms with van der Waals surface area (Å²) in [7, 11) is 0. The van der Waals surface area contributed by atoms with Crippen LogP contribution in [-0.2, 0) is 17.8 Å². The van der Waals surface area contributed by atoms with E-state index in [9.17, 15) is 9.59 Å². The highest BCUT2D eigenvalue weighted by atomic mass is 32.1. The van der Waals surface area contributed by atoms with Crippen LogP contribution >= 0.6 is 11.3 Å². The molecular formula is C21H20N2O2S. The molecule has 2 heterocycles. The maximum Gasteiger partial charge on any atom is 0.308 e. The van der Waals surface area contributed by atoms with Crippen LogP contribution in [0.2, 0.25) is 0 Å². The summed E-state index contributed by atoms with van der Waals surface area (Å²) in [5.74, 6) is -0.0361. The number of carbonyl (C=O) groups excluding carboxylic acids is 1. The highest BCUT2D eigenvalue weighted by Crippen LogP contribution is 2.27. The van der Waals surface area contributed by atoms with E-state index in [1.807, 2.05) is 59.7 Å². The van der Waals surface area contributed by atoms with Gasteiger partial charge in [0.1, 0.15) is 6.54 Å². The van der Waals surface area contributed by atoms with Crippen LogP contribution in [0.1, 0.15) is 17.5 Å². The molecule has 1 aliphatic rings. The number of hydrogen-bond acceptors (Lipinski definition) is 3. The Kier molecular flexibility index (Phi) is 4.47. The quantitative estimate of drug-likeness (QED) is 0.708. The van der Waals surface area contributed by atoms with Gasteiger partial charge < -0.3 is 4.90 Å². The molecule has 0 N–H and O–H groups in total. The number of hydrogen-bond donors (Lipinski definition) is 0. The average molecular weight is 364 g/mol. The summed E-state index contributed by atoms with van der Waals surface area (Å²) in [6.07, 6.45) is 1.94. The molecule has 0 unspecified atom stereocenters. The number of benzene rings is 2. The average Bonchev–Trinajstić information content (AvgIpc) is 3.02. The van der Waals surface area contributed by atoms with Crippen molar-refractivity contribution in [3.05, 3.63) is 74.7 Å². The maximum absolute atomic E-state index is 13.0. The van der Waals surface area contributed by atoms with E-state index in [2.05, 4.69) is 6.07 Å². The van der Waals surface area contributed by atoms with Crippen LogP contribution in [0.5, 0.6) is 0 Å². The second-order valence-corrected chi connectivity index (χ2v) is 7.44. The van der Waals surface area contributed by atoms with Gasteiger partial charge in [0.15, 0.2) is 0 Å². The lowest BCUT2D eigenvalue weighted by Gasteiger charge is -2.29. The van der Waals surface area contributed by atoms with Gasteiger partial charge in [-0.25, -0.2) is 0 Å². The van der Waals surface area contributed by atoms with Gasteiger partial charge in [-0.3, -0.25) is 14.2 Å². The van der Waals surface area contributed by atoms with E-state index in [4.69, 9.17) is 0 Å². The number of rotatable bonds is 3. The standard InChI is InChI=1S/C21H20N2O2S/c1-15-8-10-17(11-9-15)19-14-26-21(25)23(19)13-20(24)22-12-4-6-16-5-2-3-7-18(16)22/h2-3,5,7-11,14H,4,6,12-13H2,1H3. The van der Waals surface area contributed by atoms with Gasteiger partial charge in [0, 0.05) is 17.6 Å². The Morgan fingerprint density at radius 3 is 2.69 bits per heavy atom. The number of carbonyl (C=O) groups is 1. The van der Waals surface area contributed by atoms with E-state index in [-0.39, 0.29) is 17.3 Å². The number of thiazole rings is 1. The molecule has 2 aromatic carbocycles. The second kappa shape index (κ2) is 6.92. The van der Waals surface area contributed by atoms with Crippen molar-refractivity contribution in [2.24, 2.45) is 0 Å². The van der Waals surface area contributed by atoms with E-state index >= 15 is 0 Å². The molecule has 0 aliphatic carbocycles. The third kappa shape index (κ3) is 3.10. The topological polar surface area (TPSA) is 42.3 Å². The zero-order chi connectivity index (χ0) is 18.1. The smallest absolute Gasteiger partial charge is 0.308 e. The third-order valence-corrected chi connectivity index (χ3v) is 5.60. The van der Waals surface area contributed by atoms with E-state index in [1.54, 1.807) is 4.57 Å². The van der Waals surface area contributed by atoms with Gasteiger partial charge in [-0.2, -0.15) is 0 Å². The van der Waals surface area contributed by atoms with Gasteiger partial charge in [0.05, 0.1) is 5.69 Å². The van der Waals surface area contributed by atoms with E-state index in [0.29, 0.717) is 6.54 Å². The van der Waals surface area contributed by atoms with Crippen LogP contribution in [0.25, 0.3) is 11.3 Å². The van der Waals surface area contributed by atoms with E-state index < -0.39 is 0 Å². The van der Waals surface area contributed by atoms with Gasteiger partial charge in [0.2, 0.25) is 5.91 Å². The molecule has 5 heteroatoms. The summed E-state index contributed by atoms with van der Waals surface area (Å²) in [5.41, 5.74) is 5.10. The normalized spacial score (nSPS) is 13.5. The molecule has 0 radical (unpaired) electrons. The highest BCUT2D eigenvalue weighted by molar-refractivity contribution is 7.07. The molecule has 1 aliphatic heterocycles. The third-order valence-electron chi connectivity index (χ3n) is 4.83. The first kappa shape index (κ1) is 16.8. The SMILES string of the molecule is Cc1ccc(-c2csc(=O)n2CC(=O)N2CCCc3ccccc32)cc1. The monoisotopic (exact) mass is 364 g/mol. The van der Waals surface area contributed by atoms with Crippen molar-refractivity contribution in [3.8, 4) is 11.3 Å². The van der Waals surface area contributed by atoms with Crippen LogP contribution in [0, 0.1) is 6.92 Å². The number of amides is 1. The van der Waals surface area contributed by atoms with Crippen molar-refractivity contribution in [2.75, 3.05) is 11.4 Å². The minimum Gasteiger partial charge on any atom is -0.311 e. The number of aromatic nitrogens is 1. The lowest BCUT2D eigenvalue weighted by molar-refractivity contribution is -0.119. The van der Waals surface area contributed by atoms with Crippen molar-refractivity contribution in [1.29, 1.82) is 0 Å². The first-order valence-corrected chi connectivity index (χ1v) is 9.65. The molecule has 4 nitrogen and oxygen atoms in total. The molecule has 1 amide bonds. The summed E-state index contributed by atoms with van der Waals surface area (Å²) in [5, 5.41) is 1.84.